The van der Waals surface area contributed by atoms with Gasteiger partial charge < -0.3 is 10.4 Å². The molecule has 0 radical (unpaired) electrons. The van der Waals surface area contributed by atoms with Gasteiger partial charge in [-0.25, -0.2) is 17.3 Å². The predicted octanol–water partition coefficient (Wildman–Crippen LogP) is 1.97. The van der Waals surface area contributed by atoms with Crippen molar-refractivity contribution in [3.05, 3.63) is 47.9 Å². The van der Waals surface area contributed by atoms with Crippen molar-refractivity contribution in [2.75, 3.05) is 17.5 Å². The first-order valence-electron chi connectivity index (χ1n) is 7.99. The Kier molecular flexibility index (Phi) is 4.75. The summed E-state index contributed by atoms with van der Waals surface area (Å²) >= 11 is 0. The number of benzene rings is 1. The number of hydrogen-bond acceptors (Lipinski definition) is 5. The quantitative estimate of drug-likeness (QED) is 0.614. The summed E-state index contributed by atoms with van der Waals surface area (Å²) < 4.78 is 40.3. The molecule has 0 aliphatic heterocycles. The van der Waals surface area contributed by atoms with E-state index in [4.69, 9.17) is 0 Å². The maximum Gasteiger partial charge on any atom is 0.255 e. The molecule has 10 heteroatoms. The van der Waals surface area contributed by atoms with E-state index in [0.29, 0.717) is 5.56 Å². The molecule has 0 atom stereocenters. The van der Waals surface area contributed by atoms with Gasteiger partial charge in [-0.1, -0.05) is 0 Å². The normalized spacial score (nSPS) is 11.5. The molecule has 142 valence electrons. The van der Waals surface area contributed by atoms with Crippen LogP contribution in [0.5, 0.6) is 5.75 Å². The minimum atomic E-state index is -3.62. The highest BCUT2D eigenvalue weighted by Crippen LogP contribution is 2.32. The molecule has 27 heavy (non-hydrogen) atoms. The van der Waals surface area contributed by atoms with E-state index < -0.39 is 21.7 Å². The molecule has 1 aromatic carbocycles. The van der Waals surface area contributed by atoms with Gasteiger partial charge in [0.05, 0.1) is 23.0 Å². The van der Waals surface area contributed by atoms with Crippen molar-refractivity contribution in [2.24, 2.45) is 0 Å². The molecule has 2 aromatic heterocycles. The van der Waals surface area contributed by atoms with Crippen LogP contribution < -0.4 is 10.0 Å². The number of nitrogens with zero attached hydrogens (tertiary/aromatic N) is 2. The smallest absolute Gasteiger partial charge is 0.255 e. The monoisotopic (exact) mass is 392 g/mol. The highest BCUT2D eigenvalue weighted by atomic mass is 32.2. The van der Waals surface area contributed by atoms with Crippen molar-refractivity contribution in [1.29, 1.82) is 0 Å². The maximum absolute atomic E-state index is 13.2. The zero-order chi connectivity index (χ0) is 19.8. The Morgan fingerprint density at radius 2 is 1.96 bits per heavy atom. The Morgan fingerprint density at radius 1 is 1.30 bits per heavy atom. The van der Waals surface area contributed by atoms with Gasteiger partial charge in [-0.15, -0.1) is 0 Å². The number of aromatic hydroxyl groups is 1. The lowest BCUT2D eigenvalue weighted by Gasteiger charge is -2.08. The first kappa shape index (κ1) is 18.6. The molecule has 8 nitrogen and oxygen atoms in total. The Morgan fingerprint density at radius 3 is 2.56 bits per heavy atom. The van der Waals surface area contributed by atoms with Gasteiger partial charge in [0.2, 0.25) is 10.0 Å². The van der Waals surface area contributed by atoms with Crippen molar-refractivity contribution in [1.82, 2.24) is 14.9 Å². The van der Waals surface area contributed by atoms with Crippen LogP contribution in [0.3, 0.4) is 0 Å². The molecule has 3 N–H and O–H groups in total. The third kappa shape index (κ3) is 3.56. The van der Waals surface area contributed by atoms with E-state index in [0.717, 1.165) is 0 Å². The lowest BCUT2D eigenvalue weighted by Crippen LogP contribution is -2.18. The number of pyridine rings is 1. The Labute approximate surface area is 154 Å². The van der Waals surface area contributed by atoms with Crippen LogP contribution in [-0.4, -0.2) is 41.8 Å². The number of carbonyl (C=O) groups is 1. The summed E-state index contributed by atoms with van der Waals surface area (Å²) in [5, 5.41) is 17.0. The number of carbonyl (C=O) groups excluding carboxylic acids is 1. The fraction of sp³-hybridized carbons (Fsp3) is 0.176. The minimum Gasteiger partial charge on any atom is -0.506 e. The second-order valence-electron chi connectivity index (χ2n) is 5.72. The molecular weight excluding hydrogens is 375 g/mol. The zero-order valence-electron chi connectivity index (χ0n) is 14.5. The van der Waals surface area contributed by atoms with Gasteiger partial charge in [-0.05, 0) is 31.2 Å². The summed E-state index contributed by atoms with van der Waals surface area (Å²) in [5.41, 5.74) is 1.13. The molecule has 0 aliphatic rings. The number of fused-ring (bicyclic) bond motifs is 1. The highest BCUT2D eigenvalue weighted by molar-refractivity contribution is 7.92. The van der Waals surface area contributed by atoms with Crippen LogP contribution in [0.2, 0.25) is 0 Å². The molecule has 1 amide bonds. The molecule has 0 fully saturated rings. The lowest BCUT2D eigenvalue weighted by atomic mass is 10.1. The number of sulfonamides is 1. The average Bonchev–Trinajstić information content (AvgIpc) is 3.00. The van der Waals surface area contributed by atoms with Crippen LogP contribution in [0, 0.1) is 5.82 Å². The lowest BCUT2D eigenvalue weighted by molar-refractivity contribution is 0.0965. The molecule has 0 saturated carbocycles. The van der Waals surface area contributed by atoms with Gasteiger partial charge in [0.1, 0.15) is 22.9 Å². The van der Waals surface area contributed by atoms with E-state index in [1.807, 2.05) is 0 Å². The molecule has 0 bridgehead atoms. The number of rotatable bonds is 5. The first-order chi connectivity index (χ1) is 12.8. The summed E-state index contributed by atoms with van der Waals surface area (Å²) in [6, 6.07) is 6.68. The van der Waals surface area contributed by atoms with E-state index in [1.165, 1.54) is 55.0 Å². The fourth-order valence-corrected chi connectivity index (χ4v) is 3.19. The second kappa shape index (κ2) is 6.88. The van der Waals surface area contributed by atoms with E-state index in [9.17, 15) is 22.7 Å². The standard InChI is InChI=1S/C17H17FN4O4S/c1-3-27(25,26)21-12-9-22-13(8-14(12)23)15(17(24)19-2)16(20-22)10-4-6-11(18)7-5-10/h4-9,21,23H,3H2,1-2H3,(H,19,24). The topological polar surface area (TPSA) is 113 Å². The summed E-state index contributed by atoms with van der Waals surface area (Å²) in [6.07, 6.45) is 1.28. The molecular formula is C17H17FN4O4S. The SMILES string of the molecule is CCS(=O)(=O)Nc1cn2nc(-c3ccc(F)cc3)c(C(=O)NC)c2cc1O. The van der Waals surface area contributed by atoms with E-state index in [1.54, 1.807) is 0 Å². The van der Waals surface area contributed by atoms with E-state index in [2.05, 4.69) is 15.1 Å². The first-order valence-corrected chi connectivity index (χ1v) is 9.65. The van der Waals surface area contributed by atoms with Crippen molar-refractivity contribution in [3.63, 3.8) is 0 Å². The minimum absolute atomic E-state index is 0.0686. The van der Waals surface area contributed by atoms with Crippen LogP contribution in [-0.2, 0) is 10.0 Å². The van der Waals surface area contributed by atoms with E-state index >= 15 is 0 Å². The Balaban J connectivity index is 2.24. The summed E-state index contributed by atoms with van der Waals surface area (Å²) in [4.78, 5) is 12.4. The summed E-state index contributed by atoms with van der Waals surface area (Å²) in [6.45, 7) is 1.46. The molecule has 3 rings (SSSR count). The molecule has 0 unspecified atom stereocenters. The van der Waals surface area contributed by atoms with Gasteiger partial charge in [0.25, 0.3) is 5.91 Å². The van der Waals surface area contributed by atoms with Gasteiger partial charge in [0.15, 0.2) is 0 Å². The van der Waals surface area contributed by atoms with Crippen LogP contribution in [0.1, 0.15) is 17.3 Å². The van der Waals surface area contributed by atoms with Crippen LogP contribution >= 0.6 is 0 Å². The molecule has 2 heterocycles. The van der Waals surface area contributed by atoms with Gasteiger partial charge in [0, 0.05) is 18.7 Å². The third-order valence-corrected chi connectivity index (χ3v) is 5.26. The van der Waals surface area contributed by atoms with Crippen LogP contribution in [0.25, 0.3) is 16.8 Å². The summed E-state index contributed by atoms with van der Waals surface area (Å²) in [7, 11) is -2.17. The molecule has 0 spiro atoms. The molecule has 0 aliphatic carbocycles. The molecule has 3 aromatic rings. The predicted molar refractivity (Wildman–Crippen MR) is 98.7 cm³/mol. The number of nitrogens with one attached hydrogen (secondary N) is 2. The highest BCUT2D eigenvalue weighted by Gasteiger charge is 2.22. The third-order valence-electron chi connectivity index (χ3n) is 3.97. The van der Waals surface area contributed by atoms with Crippen molar-refractivity contribution < 1.29 is 22.7 Å². The number of anilines is 1. The van der Waals surface area contributed by atoms with Crippen LogP contribution in [0.4, 0.5) is 10.1 Å². The average molecular weight is 392 g/mol. The number of halogens is 1. The number of aromatic nitrogens is 2. The molecule has 0 saturated heterocycles. The summed E-state index contributed by atoms with van der Waals surface area (Å²) in [5.74, 6) is -1.41. The van der Waals surface area contributed by atoms with Gasteiger partial charge in [-0.3, -0.25) is 9.52 Å². The van der Waals surface area contributed by atoms with Crippen LogP contribution in [0.15, 0.2) is 36.5 Å². The van der Waals surface area contributed by atoms with Crippen molar-refractivity contribution >= 4 is 27.1 Å². The van der Waals surface area contributed by atoms with Gasteiger partial charge in [-0.2, -0.15) is 5.10 Å². The zero-order valence-corrected chi connectivity index (χ0v) is 15.3. The van der Waals surface area contributed by atoms with E-state index in [-0.39, 0.29) is 34.0 Å². The number of hydrogen-bond donors (Lipinski definition) is 3. The van der Waals surface area contributed by atoms with Gasteiger partial charge >= 0.3 is 0 Å². The maximum atomic E-state index is 13.2. The Bertz CT molecular complexity index is 1120. The van der Waals surface area contributed by atoms with Crippen molar-refractivity contribution in [3.8, 4) is 17.0 Å². The largest absolute Gasteiger partial charge is 0.506 e. The number of amides is 1. The second-order valence-corrected chi connectivity index (χ2v) is 7.73. The van der Waals surface area contributed by atoms with Crippen molar-refractivity contribution in [2.45, 2.75) is 6.92 Å². The Hall–Kier alpha value is -3.14. The fourth-order valence-electron chi connectivity index (χ4n) is 2.56.